The first-order valence-corrected chi connectivity index (χ1v) is 9.72. The second-order valence-corrected chi connectivity index (χ2v) is 6.76. The lowest BCUT2D eigenvalue weighted by atomic mass is 10.0. The molecule has 0 aliphatic carbocycles. The highest BCUT2D eigenvalue weighted by Crippen LogP contribution is 2.22. The smallest absolute Gasteiger partial charge is 0.305 e. The molecule has 3 N–H and O–H groups in total. The third-order valence-electron chi connectivity index (χ3n) is 3.93. The molecular weight excluding hydrogens is 364 g/mol. The van der Waals surface area contributed by atoms with Crippen LogP contribution in [-0.4, -0.2) is 29.1 Å². The number of aliphatic carboxylic acids is 1. The van der Waals surface area contributed by atoms with Gasteiger partial charge in [0.25, 0.3) is 5.91 Å². The molecule has 0 radical (unpaired) electrons. The fourth-order valence-electron chi connectivity index (χ4n) is 2.49. The van der Waals surface area contributed by atoms with Crippen LogP contribution < -0.4 is 10.6 Å². The van der Waals surface area contributed by atoms with Crippen molar-refractivity contribution in [2.45, 2.75) is 30.7 Å². The lowest BCUT2D eigenvalue weighted by Gasteiger charge is -2.18. The molecule has 2 amide bonds. The Hall–Kier alpha value is -2.80. The van der Waals surface area contributed by atoms with E-state index in [1.807, 2.05) is 30.5 Å². The van der Waals surface area contributed by atoms with E-state index in [0.717, 1.165) is 10.5 Å². The number of carbonyl (C=O) groups excluding carboxylic acids is 2. The summed E-state index contributed by atoms with van der Waals surface area (Å²) in [7, 11) is 0. The van der Waals surface area contributed by atoms with Gasteiger partial charge in [-0.05, 0) is 42.2 Å². The second kappa shape index (κ2) is 9.78. The third-order valence-corrected chi connectivity index (χ3v) is 4.68. The Bertz CT molecular complexity index is 821. The SMILES string of the molecule is CCC(=O)Nc1cccc(C(=O)NC(CC(=O)O)c2ccc(SC)cc2)c1. The van der Waals surface area contributed by atoms with Gasteiger partial charge >= 0.3 is 5.97 Å². The Morgan fingerprint density at radius 3 is 2.41 bits per heavy atom. The topological polar surface area (TPSA) is 95.5 Å². The van der Waals surface area contributed by atoms with E-state index in [2.05, 4.69) is 10.6 Å². The van der Waals surface area contributed by atoms with Gasteiger partial charge in [-0.3, -0.25) is 14.4 Å². The molecule has 0 spiro atoms. The molecule has 1 unspecified atom stereocenters. The predicted octanol–water partition coefficient (Wildman–Crippen LogP) is 3.70. The zero-order valence-corrected chi connectivity index (χ0v) is 16.0. The average molecular weight is 386 g/mol. The molecule has 1 atom stereocenters. The molecule has 2 aromatic rings. The Labute approximate surface area is 162 Å². The number of carboxylic acids is 1. The number of amides is 2. The normalized spacial score (nSPS) is 11.5. The van der Waals surface area contributed by atoms with Crippen LogP contribution in [0.4, 0.5) is 5.69 Å². The van der Waals surface area contributed by atoms with Gasteiger partial charge in [-0.2, -0.15) is 0 Å². The van der Waals surface area contributed by atoms with Gasteiger partial charge in [0.15, 0.2) is 0 Å². The average Bonchev–Trinajstić information content (AvgIpc) is 2.67. The minimum absolute atomic E-state index is 0.148. The molecule has 142 valence electrons. The van der Waals surface area contributed by atoms with Crippen LogP contribution in [0, 0.1) is 0 Å². The highest BCUT2D eigenvalue weighted by Gasteiger charge is 2.19. The summed E-state index contributed by atoms with van der Waals surface area (Å²) in [5.74, 6) is -1.55. The van der Waals surface area contributed by atoms with Crippen molar-refractivity contribution in [3.63, 3.8) is 0 Å². The third kappa shape index (κ3) is 6.14. The van der Waals surface area contributed by atoms with Crippen LogP contribution in [0.3, 0.4) is 0 Å². The molecule has 0 aliphatic heterocycles. The van der Waals surface area contributed by atoms with Crippen LogP contribution in [0.2, 0.25) is 0 Å². The summed E-state index contributed by atoms with van der Waals surface area (Å²) in [5.41, 5.74) is 1.59. The van der Waals surface area contributed by atoms with Crippen LogP contribution >= 0.6 is 11.8 Å². The molecule has 6 nitrogen and oxygen atoms in total. The first-order chi connectivity index (χ1) is 12.9. The zero-order valence-electron chi connectivity index (χ0n) is 15.2. The number of rotatable bonds is 8. The maximum Gasteiger partial charge on any atom is 0.305 e. The van der Waals surface area contributed by atoms with E-state index in [4.69, 9.17) is 0 Å². The molecule has 2 aromatic carbocycles. The summed E-state index contributed by atoms with van der Waals surface area (Å²) < 4.78 is 0. The van der Waals surface area contributed by atoms with Crippen molar-refractivity contribution in [1.82, 2.24) is 5.32 Å². The highest BCUT2D eigenvalue weighted by molar-refractivity contribution is 7.98. The van der Waals surface area contributed by atoms with Gasteiger partial charge in [0, 0.05) is 22.6 Å². The van der Waals surface area contributed by atoms with Crippen molar-refractivity contribution < 1.29 is 19.5 Å². The molecule has 0 bridgehead atoms. The minimum Gasteiger partial charge on any atom is -0.481 e. The summed E-state index contributed by atoms with van der Waals surface area (Å²) in [6.07, 6.45) is 2.07. The van der Waals surface area contributed by atoms with E-state index in [1.165, 1.54) is 0 Å². The van der Waals surface area contributed by atoms with Crippen molar-refractivity contribution in [2.24, 2.45) is 0 Å². The van der Waals surface area contributed by atoms with Crippen LogP contribution in [-0.2, 0) is 9.59 Å². The van der Waals surface area contributed by atoms with Crippen molar-refractivity contribution >= 4 is 35.2 Å². The Morgan fingerprint density at radius 1 is 1.11 bits per heavy atom. The van der Waals surface area contributed by atoms with Gasteiger partial charge in [-0.1, -0.05) is 25.1 Å². The maximum atomic E-state index is 12.6. The predicted molar refractivity (Wildman–Crippen MR) is 106 cm³/mol. The number of anilines is 1. The zero-order chi connectivity index (χ0) is 19.8. The standard InChI is InChI=1S/C20H22N2O4S/c1-3-18(23)21-15-6-4-5-14(11-15)20(26)22-17(12-19(24)25)13-7-9-16(27-2)10-8-13/h4-11,17H,3,12H2,1-2H3,(H,21,23)(H,22,26)(H,24,25). The summed E-state index contributed by atoms with van der Waals surface area (Å²) in [5, 5.41) is 14.7. The highest BCUT2D eigenvalue weighted by atomic mass is 32.2. The van der Waals surface area contributed by atoms with E-state index in [-0.39, 0.29) is 12.3 Å². The molecule has 0 saturated heterocycles. The molecule has 0 fully saturated rings. The Morgan fingerprint density at radius 2 is 1.81 bits per heavy atom. The van der Waals surface area contributed by atoms with Crippen LogP contribution in [0.5, 0.6) is 0 Å². The van der Waals surface area contributed by atoms with Crippen LogP contribution in [0.25, 0.3) is 0 Å². The van der Waals surface area contributed by atoms with Crippen molar-refractivity contribution in [3.05, 3.63) is 59.7 Å². The quantitative estimate of drug-likeness (QED) is 0.601. The van der Waals surface area contributed by atoms with E-state index in [9.17, 15) is 19.5 Å². The summed E-state index contributed by atoms with van der Waals surface area (Å²) in [4.78, 5) is 36.4. The van der Waals surface area contributed by atoms with E-state index >= 15 is 0 Å². The monoisotopic (exact) mass is 386 g/mol. The number of carboxylic acid groups (broad SMARTS) is 1. The molecule has 0 aromatic heterocycles. The molecule has 0 aliphatic rings. The Balaban J connectivity index is 2.18. The van der Waals surface area contributed by atoms with Gasteiger partial charge in [-0.25, -0.2) is 0 Å². The van der Waals surface area contributed by atoms with E-state index in [1.54, 1.807) is 43.0 Å². The maximum absolute atomic E-state index is 12.6. The van der Waals surface area contributed by atoms with Gasteiger partial charge in [0.1, 0.15) is 0 Å². The molecule has 0 saturated carbocycles. The molecule has 27 heavy (non-hydrogen) atoms. The number of nitrogens with one attached hydrogen (secondary N) is 2. The number of hydrogen-bond acceptors (Lipinski definition) is 4. The van der Waals surface area contributed by atoms with Crippen molar-refractivity contribution in [3.8, 4) is 0 Å². The summed E-state index contributed by atoms with van der Waals surface area (Å²) in [6, 6.07) is 13.3. The van der Waals surface area contributed by atoms with Gasteiger partial charge in [0.05, 0.1) is 12.5 Å². The lowest BCUT2D eigenvalue weighted by molar-refractivity contribution is -0.137. The van der Waals surface area contributed by atoms with Gasteiger partial charge in [-0.15, -0.1) is 11.8 Å². The Kier molecular flexibility index (Phi) is 7.43. The van der Waals surface area contributed by atoms with E-state index in [0.29, 0.717) is 17.7 Å². The fourth-order valence-corrected chi connectivity index (χ4v) is 2.90. The number of benzene rings is 2. The number of hydrogen-bond donors (Lipinski definition) is 3. The second-order valence-electron chi connectivity index (χ2n) is 5.88. The molecule has 0 heterocycles. The fraction of sp³-hybridized carbons (Fsp3) is 0.250. The number of thioether (sulfide) groups is 1. The van der Waals surface area contributed by atoms with Crippen molar-refractivity contribution in [2.75, 3.05) is 11.6 Å². The lowest BCUT2D eigenvalue weighted by Crippen LogP contribution is -2.30. The van der Waals surface area contributed by atoms with Crippen LogP contribution in [0.15, 0.2) is 53.4 Å². The molecular formula is C20H22N2O4S. The number of carbonyl (C=O) groups is 3. The van der Waals surface area contributed by atoms with E-state index < -0.39 is 17.9 Å². The summed E-state index contributed by atoms with van der Waals surface area (Å²) >= 11 is 1.58. The van der Waals surface area contributed by atoms with Gasteiger partial charge < -0.3 is 15.7 Å². The molecule has 7 heteroatoms. The minimum atomic E-state index is -1.00. The van der Waals surface area contributed by atoms with Gasteiger partial charge in [0.2, 0.25) is 5.91 Å². The first-order valence-electron chi connectivity index (χ1n) is 8.49. The first kappa shape index (κ1) is 20.5. The largest absolute Gasteiger partial charge is 0.481 e. The summed E-state index contributed by atoms with van der Waals surface area (Å²) in [6.45, 7) is 1.74. The molecule has 2 rings (SSSR count). The van der Waals surface area contributed by atoms with Crippen molar-refractivity contribution in [1.29, 1.82) is 0 Å². The van der Waals surface area contributed by atoms with Crippen LogP contribution in [0.1, 0.15) is 41.7 Å².